The van der Waals surface area contributed by atoms with E-state index in [2.05, 4.69) is 46.9 Å². The van der Waals surface area contributed by atoms with E-state index in [0.29, 0.717) is 17.6 Å². The molecule has 1 rings (SSSR count). The molecule has 0 heterocycles. The molecule has 1 aliphatic rings. The number of rotatable bonds is 7. The van der Waals surface area contributed by atoms with Gasteiger partial charge in [0.25, 0.3) is 0 Å². The fraction of sp³-hybridized carbons (Fsp3) is 1.00. The van der Waals surface area contributed by atoms with E-state index in [0.717, 1.165) is 25.4 Å². The first kappa shape index (κ1) is 17.9. The highest BCUT2D eigenvalue weighted by molar-refractivity contribution is 4.86. The van der Waals surface area contributed by atoms with Crippen molar-refractivity contribution in [3.63, 3.8) is 0 Å². The third-order valence-electron chi connectivity index (χ3n) is 4.34. The van der Waals surface area contributed by atoms with Crippen LogP contribution in [0.1, 0.15) is 67.2 Å². The summed E-state index contributed by atoms with van der Waals surface area (Å²) in [5.74, 6) is 0.752. The molecule has 20 heavy (non-hydrogen) atoms. The van der Waals surface area contributed by atoms with Crippen LogP contribution in [0, 0.1) is 11.3 Å². The predicted octanol–water partition coefficient (Wildman–Crippen LogP) is 3.36. The van der Waals surface area contributed by atoms with Crippen molar-refractivity contribution in [2.75, 3.05) is 13.2 Å². The molecule has 3 heteroatoms. The fourth-order valence-electron chi connectivity index (χ4n) is 3.73. The Bertz CT molecular complexity index is 291. The topological polar surface area (TPSA) is 41.5 Å². The first-order valence-corrected chi connectivity index (χ1v) is 8.16. The normalized spacial score (nSPS) is 29.4. The molecule has 3 unspecified atom stereocenters. The number of aliphatic hydroxyl groups excluding tert-OH is 1. The van der Waals surface area contributed by atoms with Crippen LogP contribution in [0.2, 0.25) is 0 Å². The minimum atomic E-state index is -0.232. The van der Waals surface area contributed by atoms with Crippen molar-refractivity contribution in [1.82, 2.24) is 5.32 Å². The third-order valence-corrected chi connectivity index (χ3v) is 4.34. The fourth-order valence-corrected chi connectivity index (χ4v) is 3.73. The van der Waals surface area contributed by atoms with E-state index in [1.165, 1.54) is 12.8 Å². The second kappa shape index (κ2) is 7.24. The van der Waals surface area contributed by atoms with Crippen molar-refractivity contribution in [3.8, 4) is 0 Å². The zero-order valence-electron chi connectivity index (χ0n) is 14.3. The van der Waals surface area contributed by atoms with Gasteiger partial charge < -0.3 is 15.2 Å². The molecule has 0 amide bonds. The van der Waals surface area contributed by atoms with Crippen molar-refractivity contribution in [2.45, 2.75) is 84.9 Å². The Morgan fingerprint density at radius 1 is 1.35 bits per heavy atom. The van der Waals surface area contributed by atoms with Crippen molar-refractivity contribution >= 4 is 0 Å². The molecule has 0 radical (unpaired) electrons. The summed E-state index contributed by atoms with van der Waals surface area (Å²) in [5, 5.41) is 13.0. The summed E-state index contributed by atoms with van der Waals surface area (Å²) in [6.07, 6.45) is 4.88. The van der Waals surface area contributed by atoms with Crippen LogP contribution in [0.15, 0.2) is 0 Å². The van der Waals surface area contributed by atoms with Crippen LogP contribution in [0.25, 0.3) is 0 Å². The van der Waals surface area contributed by atoms with Gasteiger partial charge >= 0.3 is 0 Å². The van der Waals surface area contributed by atoms with Crippen LogP contribution in [-0.4, -0.2) is 36.0 Å². The van der Waals surface area contributed by atoms with Gasteiger partial charge in [-0.25, -0.2) is 0 Å². The Balaban J connectivity index is 2.39. The van der Waals surface area contributed by atoms with E-state index in [1.54, 1.807) is 0 Å². The zero-order chi connectivity index (χ0) is 15.4. The van der Waals surface area contributed by atoms with Gasteiger partial charge in [0, 0.05) is 18.2 Å². The van der Waals surface area contributed by atoms with Crippen LogP contribution in [-0.2, 0) is 4.74 Å². The highest BCUT2D eigenvalue weighted by atomic mass is 16.5. The van der Waals surface area contributed by atoms with Gasteiger partial charge in [-0.15, -0.1) is 0 Å². The monoisotopic (exact) mass is 285 g/mol. The van der Waals surface area contributed by atoms with E-state index in [9.17, 15) is 5.11 Å². The number of hydrogen-bond donors (Lipinski definition) is 2. The molecule has 0 bridgehead atoms. The Labute approximate surface area is 125 Å². The van der Waals surface area contributed by atoms with E-state index >= 15 is 0 Å². The maximum absolute atomic E-state index is 9.58. The standard InChI is InChI=1S/C17H35NO2/c1-13(2)18-17(6,12-19)7-8-20-15-9-14(3)10-16(4,5)11-15/h13-15,18-19H,7-12H2,1-6H3. The van der Waals surface area contributed by atoms with Gasteiger partial charge in [-0.2, -0.15) is 0 Å². The highest BCUT2D eigenvalue weighted by Crippen LogP contribution is 2.39. The zero-order valence-corrected chi connectivity index (χ0v) is 14.3. The van der Waals surface area contributed by atoms with Gasteiger partial charge in [0.15, 0.2) is 0 Å². The Morgan fingerprint density at radius 2 is 2.00 bits per heavy atom. The molecule has 120 valence electrons. The summed E-state index contributed by atoms with van der Waals surface area (Å²) < 4.78 is 6.12. The lowest BCUT2D eigenvalue weighted by atomic mass is 9.71. The molecule has 0 aromatic rings. The van der Waals surface area contributed by atoms with Crippen LogP contribution in [0.3, 0.4) is 0 Å². The van der Waals surface area contributed by atoms with Crippen molar-refractivity contribution < 1.29 is 9.84 Å². The summed E-state index contributed by atoms with van der Waals surface area (Å²) in [7, 11) is 0. The van der Waals surface area contributed by atoms with E-state index in [-0.39, 0.29) is 12.1 Å². The molecular formula is C17H35NO2. The second-order valence-corrected chi connectivity index (χ2v) is 8.17. The smallest absolute Gasteiger partial charge is 0.0611 e. The first-order valence-electron chi connectivity index (χ1n) is 8.16. The largest absolute Gasteiger partial charge is 0.394 e. The molecule has 0 spiro atoms. The van der Waals surface area contributed by atoms with Crippen LogP contribution in [0.5, 0.6) is 0 Å². The van der Waals surface area contributed by atoms with E-state index < -0.39 is 0 Å². The highest BCUT2D eigenvalue weighted by Gasteiger charge is 2.33. The lowest BCUT2D eigenvalue weighted by Gasteiger charge is -2.39. The van der Waals surface area contributed by atoms with E-state index in [4.69, 9.17) is 4.74 Å². The summed E-state index contributed by atoms with van der Waals surface area (Å²) in [6, 6.07) is 0.376. The van der Waals surface area contributed by atoms with Gasteiger partial charge in [-0.05, 0) is 43.9 Å². The molecule has 0 aromatic heterocycles. The first-order chi connectivity index (χ1) is 9.16. The maximum Gasteiger partial charge on any atom is 0.0611 e. The lowest BCUT2D eigenvalue weighted by Crippen LogP contribution is -2.50. The lowest BCUT2D eigenvalue weighted by molar-refractivity contribution is -0.0323. The summed E-state index contributed by atoms with van der Waals surface area (Å²) in [5.41, 5.74) is 0.169. The third kappa shape index (κ3) is 6.11. The van der Waals surface area contributed by atoms with Crippen LogP contribution in [0.4, 0.5) is 0 Å². The Morgan fingerprint density at radius 3 is 2.50 bits per heavy atom. The molecule has 0 saturated heterocycles. The average molecular weight is 285 g/mol. The molecule has 0 aliphatic heterocycles. The van der Waals surface area contributed by atoms with Gasteiger partial charge in [0.2, 0.25) is 0 Å². The number of aliphatic hydroxyl groups is 1. The Kier molecular flexibility index (Phi) is 6.49. The maximum atomic E-state index is 9.58. The van der Waals surface area contributed by atoms with Crippen molar-refractivity contribution in [1.29, 1.82) is 0 Å². The molecule has 3 nitrogen and oxygen atoms in total. The van der Waals surface area contributed by atoms with Crippen LogP contribution >= 0.6 is 0 Å². The van der Waals surface area contributed by atoms with E-state index in [1.807, 2.05) is 0 Å². The SMILES string of the molecule is CC1CC(OCCC(C)(CO)NC(C)C)CC(C)(C)C1. The predicted molar refractivity (Wildman–Crippen MR) is 84.9 cm³/mol. The number of nitrogens with one attached hydrogen (secondary N) is 1. The van der Waals surface area contributed by atoms with Gasteiger partial charge in [0.05, 0.1) is 12.7 Å². The quantitative estimate of drug-likeness (QED) is 0.753. The average Bonchev–Trinajstić information content (AvgIpc) is 2.25. The minimum absolute atomic E-state index is 0.154. The number of ether oxygens (including phenoxy) is 1. The molecule has 1 fully saturated rings. The minimum Gasteiger partial charge on any atom is -0.394 e. The van der Waals surface area contributed by atoms with Gasteiger partial charge in [-0.3, -0.25) is 0 Å². The molecule has 2 N–H and O–H groups in total. The number of hydrogen-bond acceptors (Lipinski definition) is 3. The molecule has 0 aromatic carbocycles. The molecule has 1 aliphatic carbocycles. The van der Waals surface area contributed by atoms with Gasteiger partial charge in [-0.1, -0.05) is 34.6 Å². The molecule has 1 saturated carbocycles. The van der Waals surface area contributed by atoms with Crippen LogP contribution < -0.4 is 5.32 Å². The van der Waals surface area contributed by atoms with Crippen molar-refractivity contribution in [2.24, 2.45) is 11.3 Å². The summed E-state index contributed by atoms with van der Waals surface area (Å²) in [4.78, 5) is 0. The molecular weight excluding hydrogens is 250 g/mol. The van der Waals surface area contributed by atoms with Gasteiger partial charge in [0.1, 0.15) is 0 Å². The van der Waals surface area contributed by atoms with Crippen molar-refractivity contribution in [3.05, 3.63) is 0 Å². The summed E-state index contributed by atoms with van der Waals surface area (Å²) in [6.45, 7) is 14.2. The molecule has 3 atom stereocenters. The Hall–Kier alpha value is -0.120. The summed E-state index contributed by atoms with van der Waals surface area (Å²) >= 11 is 0. The second-order valence-electron chi connectivity index (χ2n) is 8.17.